The van der Waals surface area contributed by atoms with Crippen LogP contribution in [0, 0.1) is 0 Å². The summed E-state index contributed by atoms with van der Waals surface area (Å²) in [5, 5.41) is 4.27. The summed E-state index contributed by atoms with van der Waals surface area (Å²) in [4.78, 5) is 12.6. The van der Waals surface area contributed by atoms with Crippen molar-refractivity contribution < 1.29 is 9.53 Å². The van der Waals surface area contributed by atoms with Crippen molar-refractivity contribution in [3.8, 4) is 5.75 Å². The summed E-state index contributed by atoms with van der Waals surface area (Å²) in [6.07, 6.45) is 9.85. The summed E-state index contributed by atoms with van der Waals surface area (Å²) >= 11 is 0. The lowest BCUT2D eigenvalue weighted by molar-refractivity contribution is -0.134. The number of ether oxygens (including phenoxy) is 1. The summed E-state index contributed by atoms with van der Waals surface area (Å²) in [6, 6.07) is 16.8. The third kappa shape index (κ3) is 5.13. The van der Waals surface area contributed by atoms with E-state index in [1.165, 1.54) is 37.7 Å². The third-order valence-electron chi connectivity index (χ3n) is 5.49. The zero-order chi connectivity index (χ0) is 19.8. The monoisotopic (exact) mass is 376 g/mol. The molecule has 0 saturated carbocycles. The van der Waals surface area contributed by atoms with Crippen LogP contribution < -0.4 is 4.74 Å². The molecule has 2 heteroatoms. The molecule has 2 nitrogen and oxygen atoms in total. The highest BCUT2D eigenvalue weighted by atomic mass is 16.5. The van der Waals surface area contributed by atoms with Gasteiger partial charge in [0.15, 0.2) is 0 Å². The number of carbonyl (C=O) groups is 1. The van der Waals surface area contributed by atoms with Crippen LogP contribution in [0.4, 0.5) is 0 Å². The minimum Gasteiger partial charge on any atom is -0.425 e. The van der Waals surface area contributed by atoms with Gasteiger partial charge in [-0.15, -0.1) is 0 Å². The molecule has 0 bridgehead atoms. The second kappa shape index (κ2) is 10.3. The Hall–Kier alpha value is -2.35. The van der Waals surface area contributed by atoms with E-state index in [0.29, 0.717) is 6.42 Å². The molecule has 3 aromatic rings. The Labute approximate surface area is 168 Å². The zero-order valence-electron chi connectivity index (χ0n) is 17.3. The normalized spacial score (nSPS) is 11.2. The Morgan fingerprint density at radius 3 is 2.29 bits per heavy atom. The van der Waals surface area contributed by atoms with Crippen LogP contribution in [0.1, 0.15) is 70.8 Å². The lowest BCUT2D eigenvalue weighted by Gasteiger charge is -2.13. The number of unbranched alkanes of at least 4 members (excludes halogenated alkanes) is 6. The molecule has 0 unspecified atom stereocenters. The van der Waals surface area contributed by atoms with E-state index < -0.39 is 0 Å². The lowest BCUT2D eigenvalue weighted by Crippen LogP contribution is -2.08. The molecule has 28 heavy (non-hydrogen) atoms. The maximum Gasteiger partial charge on any atom is 0.311 e. The number of aryl methyl sites for hydroxylation is 1. The molecule has 0 aliphatic carbocycles. The molecule has 0 aliphatic heterocycles. The molecule has 0 N–H and O–H groups in total. The quantitative estimate of drug-likeness (QED) is 0.158. The Bertz CT molecular complexity index is 926. The number of esters is 1. The van der Waals surface area contributed by atoms with E-state index in [4.69, 9.17) is 4.74 Å². The van der Waals surface area contributed by atoms with Crippen LogP contribution in [0.5, 0.6) is 5.75 Å². The summed E-state index contributed by atoms with van der Waals surface area (Å²) in [7, 11) is 0. The minimum absolute atomic E-state index is 0.117. The second-order valence-electron chi connectivity index (χ2n) is 7.68. The van der Waals surface area contributed by atoms with Crippen molar-refractivity contribution in [3.05, 3.63) is 54.1 Å². The third-order valence-corrected chi connectivity index (χ3v) is 5.49. The van der Waals surface area contributed by atoms with E-state index in [1.54, 1.807) is 0 Å². The van der Waals surface area contributed by atoms with Crippen molar-refractivity contribution in [3.63, 3.8) is 0 Å². The first-order valence-corrected chi connectivity index (χ1v) is 10.9. The number of rotatable bonds is 10. The Morgan fingerprint density at radius 1 is 0.786 bits per heavy atom. The number of fused-ring (bicyclic) bond motifs is 2. The maximum atomic E-state index is 12.6. The highest BCUT2D eigenvalue weighted by Gasteiger charge is 2.13. The van der Waals surface area contributed by atoms with Crippen LogP contribution in [-0.2, 0) is 11.2 Å². The summed E-state index contributed by atoms with van der Waals surface area (Å²) in [5.41, 5.74) is 1.26. The van der Waals surface area contributed by atoms with Gasteiger partial charge in [0.1, 0.15) is 5.75 Å². The van der Waals surface area contributed by atoms with Gasteiger partial charge in [-0.05, 0) is 41.3 Å². The van der Waals surface area contributed by atoms with Gasteiger partial charge in [-0.1, -0.05) is 88.8 Å². The SMILES string of the molecule is CCCCCCCCCC(=O)Oc1c2ccccc2cc2ccc(CC)cc12. The minimum atomic E-state index is -0.117. The molecule has 0 atom stereocenters. The fourth-order valence-electron chi connectivity index (χ4n) is 3.79. The number of carbonyl (C=O) groups excluding carboxylic acids is 1. The smallest absolute Gasteiger partial charge is 0.311 e. The van der Waals surface area contributed by atoms with Crippen LogP contribution in [0.25, 0.3) is 21.5 Å². The van der Waals surface area contributed by atoms with Crippen molar-refractivity contribution in [1.29, 1.82) is 0 Å². The highest BCUT2D eigenvalue weighted by molar-refractivity contribution is 6.06. The van der Waals surface area contributed by atoms with Crippen LogP contribution in [0.2, 0.25) is 0 Å². The molecule has 148 valence electrons. The molecular weight excluding hydrogens is 344 g/mol. The molecule has 0 heterocycles. The topological polar surface area (TPSA) is 26.3 Å². The van der Waals surface area contributed by atoms with E-state index in [1.807, 2.05) is 18.2 Å². The Morgan fingerprint density at radius 2 is 1.50 bits per heavy atom. The van der Waals surface area contributed by atoms with Crippen LogP contribution in [-0.4, -0.2) is 5.97 Å². The molecule has 0 aromatic heterocycles. The van der Waals surface area contributed by atoms with Gasteiger partial charge >= 0.3 is 5.97 Å². The van der Waals surface area contributed by atoms with E-state index in [0.717, 1.165) is 46.6 Å². The van der Waals surface area contributed by atoms with E-state index >= 15 is 0 Å². The maximum absolute atomic E-state index is 12.6. The summed E-state index contributed by atoms with van der Waals surface area (Å²) < 4.78 is 5.95. The summed E-state index contributed by atoms with van der Waals surface area (Å²) in [6.45, 7) is 4.38. The Balaban J connectivity index is 1.74. The van der Waals surface area contributed by atoms with Crippen molar-refractivity contribution in [2.45, 2.75) is 71.6 Å². The van der Waals surface area contributed by atoms with Crippen molar-refractivity contribution in [2.24, 2.45) is 0 Å². The molecule has 0 spiro atoms. The average Bonchev–Trinajstić information content (AvgIpc) is 2.72. The predicted octanol–water partition coefficient (Wildman–Crippen LogP) is 7.60. The van der Waals surface area contributed by atoms with Crippen molar-refractivity contribution in [1.82, 2.24) is 0 Å². The van der Waals surface area contributed by atoms with Gasteiger partial charge in [-0.3, -0.25) is 4.79 Å². The van der Waals surface area contributed by atoms with Gasteiger partial charge < -0.3 is 4.74 Å². The van der Waals surface area contributed by atoms with E-state index in [9.17, 15) is 4.79 Å². The molecule has 0 saturated heterocycles. The highest BCUT2D eigenvalue weighted by Crippen LogP contribution is 2.36. The van der Waals surface area contributed by atoms with Crippen LogP contribution in [0.3, 0.4) is 0 Å². The van der Waals surface area contributed by atoms with Gasteiger partial charge in [0.05, 0.1) is 0 Å². The lowest BCUT2D eigenvalue weighted by atomic mass is 9.99. The predicted molar refractivity (Wildman–Crippen MR) is 119 cm³/mol. The van der Waals surface area contributed by atoms with Crippen molar-refractivity contribution in [2.75, 3.05) is 0 Å². The average molecular weight is 377 g/mol. The van der Waals surface area contributed by atoms with E-state index in [-0.39, 0.29) is 5.97 Å². The molecule has 3 aromatic carbocycles. The Kier molecular flexibility index (Phi) is 7.47. The molecular formula is C26H32O2. The van der Waals surface area contributed by atoms with Gasteiger partial charge in [-0.25, -0.2) is 0 Å². The number of benzene rings is 3. The second-order valence-corrected chi connectivity index (χ2v) is 7.68. The molecule has 0 fully saturated rings. The van der Waals surface area contributed by atoms with Crippen molar-refractivity contribution >= 4 is 27.5 Å². The molecule has 0 aliphatic rings. The fourth-order valence-corrected chi connectivity index (χ4v) is 3.79. The molecule has 0 radical (unpaired) electrons. The standard InChI is InChI=1S/C26H32O2/c1-3-5-6-7-8-9-10-15-25(27)28-26-23-14-12-11-13-21(23)19-22-17-16-20(4-2)18-24(22)26/h11-14,16-19H,3-10,15H2,1-2H3. The first-order valence-electron chi connectivity index (χ1n) is 10.9. The molecule has 3 rings (SSSR count). The first kappa shape index (κ1) is 20.4. The van der Waals surface area contributed by atoms with Gasteiger partial charge in [0.2, 0.25) is 0 Å². The van der Waals surface area contributed by atoms with E-state index in [2.05, 4.69) is 44.2 Å². The van der Waals surface area contributed by atoms with Gasteiger partial charge in [0.25, 0.3) is 0 Å². The fraction of sp³-hybridized carbons (Fsp3) is 0.423. The molecule has 0 amide bonds. The zero-order valence-corrected chi connectivity index (χ0v) is 17.3. The number of hydrogen-bond donors (Lipinski definition) is 0. The van der Waals surface area contributed by atoms with Crippen LogP contribution in [0.15, 0.2) is 48.5 Å². The first-order chi connectivity index (χ1) is 13.7. The van der Waals surface area contributed by atoms with Gasteiger partial charge in [0, 0.05) is 17.2 Å². The van der Waals surface area contributed by atoms with Crippen LogP contribution >= 0.6 is 0 Å². The summed E-state index contributed by atoms with van der Waals surface area (Å²) in [5.74, 6) is 0.601. The largest absolute Gasteiger partial charge is 0.425 e. The number of hydrogen-bond acceptors (Lipinski definition) is 2. The van der Waals surface area contributed by atoms with Gasteiger partial charge in [-0.2, -0.15) is 0 Å².